The third-order valence-electron chi connectivity index (χ3n) is 3.61. The molecule has 0 unspecified atom stereocenters. The molecule has 0 fully saturated rings. The molecule has 0 spiro atoms. The summed E-state index contributed by atoms with van der Waals surface area (Å²) in [5.41, 5.74) is -0.970. The monoisotopic (exact) mass is 324 g/mol. The Balaban J connectivity index is 2.22. The summed E-state index contributed by atoms with van der Waals surface area (Å²) in [5.74, 6) is 0. The van der Waals surface area contributed by atoms with Crippen LogP contribution in [0.15, 0.2) is 15.9 Å². The van der Waals surface area contributed by atoms with E-state index >= 15 is 0 Å². The fourth-order valence-electron chi connectivity index (χ4n) is 2.40. The van der Waals surface area contributed by atoms with E-state index in [2.05, 4.69) is 9.97 Å². The minimum atomic E-state index is -0.739. The summed E-state index contributed by atoms with van der Waals surface area (Å²) < 4.78 is 8.07. The topological polar surface area (TPSA) is 102 Å². The van der Waals surface area contributed by atoms with Crippen molar-refractivity contribution >= 4 is 11.2 Å². The van der Waals surface area contributed by atoms with Crippen molar-refractivity contribution < 1.29 is 9.84 Å². The summed E-state index contributed by atoms with van der Waals surface area (Å²) >= 11 is 0. The maximum absolute atomic E-state index is 12.6. The molecular weight excluding hydrogens is 300 g/mol. The van der Waals surface area contributed by atoms with Crippen molar-refractivity contribution in [1.82, 2.24) is 19.1 Å². The van der Waals surface area contributed by atoms with Crippen molar-refractivity contribution in [1.29, 1.82) is 0 Å². The van der Waals surface area contributed by atoms with Crippen molar-refractivity contribution in [3.8, 4) is 0 Å². The summed E-state index contributed by atoms with van der Waals surface area (Å²) in [4.78, 5) is 31.3. The van der Waals surface area contributed by atoms with Gasteiger partial charge in [0.2, 0.25) is 0 Å². The lowest BCUT2D eigenvalue weighted by atomic mass is 10.0. The minimum Gasteiger partial charge on any atom is -0.390 e. The van der Waals surface area contributed by atoms with E-state index in [1.54, 1.807) is 18.4 Å². The van der Waals surface area contributed by atoms with Crippen molar-refractivity contribution in [2.24, 2.45) is 0 Å². The van der Waals surface area contributed by atoms with E-state index in [4.69, 9.17) is 4.74 Å². The standard InChI is InChI=1S/C15H24N4O4/c1-4-23-10-18-9-16-12-11(18)13(20)19(14(21)17-12)8-6-5-7-15(2,3)22/h9,22H,4-8,10H2,1-3H3,(H,17,21). The number of fused-ring (bicyclic) bond motifs is 1. The summed E-state index contributed by atoms with van der Waals surface area (Å²) in [5, 5.41) is 9.69. The highest BCUT2D eigenvalue weighted by Gasteiger charge is 2.14. The highest BCUT2D eigenvalue weighted by atomic mass is 16.5. The van der Waals surface area contributed by atoms with Gasteiger partial charge in [-0.1, -0.05) is 0 Å². The molecule has 0 aromatic carbocycles. The molecule has 2 aromatic rings. The Morgan fingerprint density at radius 2 is 2.09 bits per heavy atom. The number of nitrogens with zero attached hydrogens (tertiary/aromatic N) is 3. The summed E-state index contributed by atoms with van der Waals surface area (Å²) in [6.45, 7) is 6.39. The molecule has 8 heteroatoms. The van der Waals surface area contributed by atoms with Gasteiger partial charge in [0, 0.05) is 13.2 Å². The Labute approximate surface area is 133 Å². The van der Waals surface area contributed by atoms with Crippen LogP contribution in [-0.4, -0.2) is 36.4 Å². The number of ether oxygens (including phenoxy) is 1. The maximum Gasteiger partial charge on any atom is 0.330 e. The predicted molar refractivity (Wildman–Crippen MR) is 86.4 cm³/mol. The van der Waals surface area contributed by atoms with Crippen LogP contribution in [0.1, 0.15) is 40.0 Å². The SMILES string of the molecule is CCOCn1cnc2[nH]c(=O)n(CCCCC(C)(C)O)c(=O)c21. The zero-order valence-electron chi connectivity index (χ0n) is 13.8. The van der Waals surface area contributed by atoms with Gasteiger partial charge >= 0.3 is 5.69 Å². The average Bonchev–Trinajstić information content (AvgIpc) is 2.85. The lowest BCUT2D eigenvalue weighted by Gasteiger charge is -2.16. The number of hydrogen-bond acceptors (Lipinski definition) is 5. The lowest BCUT2D eigenvalue weighted by Crippen LogP contribution is -2.36. The molecule has 0 aliphatic carbocycles. The zero-order valence-corrected chi connectivity index (χ0v) is 13.8. The molecule has 2 N–H and O–H groups in total. The van der Waals surface area contributed by atoms with Gasteiger partial charge in [-0.05, 0) is 40.0 Å². The normalized spacial score (nSPS) is 12.2. The molecule has 0 radical (unpaired) electrons. The average molecular weight is 324 g/mol. The molecule has 0 aliphatic rings. The summed E-state index contributed by atoms with van der Waals surface area (Å²) in [6.07, 6.45) is 3.46. The molecule has 2 rings (SSSR count). The quantitative estimate of drug-likeness (QED) is 0.700. The molecule has 0 saturated carbocycles. The van der Waals surface area contributed by atoms with E-state index in [-0.39, 0.29) is 17.9 Å². The third-order valence-corrected chi connectivity index (χ3v) is 3.61. The Kier molecular flexibility index (Phi) is 5.38. The number of H-pyrrole nitrogens is 1. The van der Waals surface area contributed by atoms with Crippen LogP contribution in [0.25, 0.3) is 11.2 Å². The van der Waals surface area contributed by atoms with E-state index in [0.29, 0.717) is 31.5 Å². The van der Waals surface area contributed by atoms with E-state index in [0.717, 1.165) is 6.42 Å². The van der Waals surface area contributed by atoms with Crippen molar-refractivity contribution in [2.75, 3.05) is 6.61 Å². The Hall–Kier alpha value is -1.93. The van der Waals surface area contributed by atoms with E-state index in [1.807, 2.05) is 6.92 Å². The second-order valence-corrected chi connectivity index (χ2v) is 6.19. The maximum atomic E-state index is 12.6. The van der Waals surface area contributed by atoms with Gasteiger partial charge in [-0.25, -0.2) is 9.78 Å². The largest absolute Gasteiger partial charge is 0.390 e. The first-order valence-corrected chi connectivity index (χ1v) is 7.81. The molecule has 0 aliphatic heterocycles. The summed E-state index contributed by atoms with van der Waals surface area (Å²) in [6, 6.07) is 0. The highest BCUT2D eigenvalue weighted by Crippen LogP contribution is 2.12. The van der Waals surface area contributed by atoms with Gasteiger partial charge in [0.1, 0.15) is 6.73 Å². The number of unbranched alkanes of at least 4 members (excludes halogenated alkanes) is 1. The second kappa shape index (κ2) is 7.10. The number of nitrogens with one attached hydrogen (secondary N) is 1. The molecule has 128 valence electrons. The molecule has 2 aromatic heterocycles. The van der Waals surface area contributed by atoms with Crippen molar-refractivity contribution in [3.63, 3.8) is 0 Å². The van der Waals surface area contributed by atoms with Crippen molar-refractivity contribution in [2.45, 2.75) is 58.9 Å². The van der Waals surface area contributed by atoms with Gasteiger partial charge in [0.05, 0.1) is 11.9 Å². The fraction of sp³-hybridized carbons (Fsp3) is 0.667. The van der Waals surface area contributed by atoms with Crippen LogP contribution in [0, 0.1) is 0 Å². The number of rotatable bonds is 8. The van der Waals surface area contributed by atoms with Gasteiger partial charge in [0.25, 0.3) is 5.56 Å². The van der Waals surface area contributed by atoms with Crippen LogP contribution in [0.5, 0.6) is 0 Å². The van der Waals surface area contributed by atoms with Gasteiger partial charge in [-0.15, -0.1) is 0 Å². The lowest BCUT2D eigenvalue weighted by molar-refractivity contribution is 0.0678. The molecule has 23 heavy (non-hydrogen) atoms. The van der Waals surface area contributed by atoms with Gasteiger partial charge < -0.3 is 14.4 Å². The van der Waals surface area contributed by atoms with Crippen LogP contribution in [0.4, 0.5) is 0 Å². The molecule has 0 atom stereocenters. The first kappa shape index (κ1) is 17.4. The molecule has 0 bridgehead atoms. The smallest absolute Gasteiger partial charge is 0.330 e. The molecule has 0 saturated heterocycles. The van der Waals surface area contributed by atoms with E-state index < -0.39 is 11.3 Å². The van der Waals surface area contributed by atoms with Gasteiger partial charge in [-0.2, -0.15) is 0 Å². The minimum absolute atomic E-state index is 0.215. The van der Waals surface area contributed by atoms with E-state index in [9.17, 15) is 14.7 Å². The van der Waals surface area contributed by atoms with Crippen LogP contribution in [-0.2, 0) is 18.0 Å². The number of hydrogen-bond donors (Lipinski definition) is 2. The van der Waals surface area contributed by atoms with Crippen LogP contribution < -0.4 is 11.2 Å². The second-order valence-electron chi connectivity index (χ2n) is 6.19. The first-order chi connectivity index (χ1) is 10.8. The molecule has 0 amide bonds. The number of aliphatic hydroxyl groups is 1. The van der Waals surface area contributed by atoms with Crippen LogP contribution >= 0.6 is 0 Å². The zero-order chi connectivity index (χ0) is 17.0. The van der Waals surface area contributed by atoms with Crippen LogP contribution in [0.2, 0.25) is 0 Å². The van der Waals surface area contributed by atoms with Gasteiger partial charge in [0.15, 0.2) is 11.2 Å². The first-order valence-electron chi connectivity index (χ1n) is 7.81. The number of aromatic amines is 1. The third kappa shape index (κ3) is 4.29. The Morgan fingerprint density at radius 1 is 1.35 bits per heavy atom. The van der Waals surface area contributed by atoms with E-state index in [1.165, 1.54) is 10.9 Å². The summed E-state index contributed by atoms with van der Waals surface area (Å²) in [7, 11) is 0. The van der Waals surface area contributed by atoms with Crippen molar-refractivity contribution in [3.05, 3.63) is 27.2 Å². The van der Waals surface area contributed by atoms with Crippen LogP contribution in [0.3, 0.4) is 0 Å². The number of imidazole rings is 1. The van der Waals surface area contributed by atoms with Gasteiger partial charge in [-0.3, -0.25) is 14.3 Å². The predicted octanol–water partition coefficient (Wildman–Crippen LogP) is 0.821. The molecule has 8 nitrogen and oxygen atoms in total. The highest BCUT2D eigenvalue weighted by molar-refractivity contribution is 5.68. The molecule has 2 heterocycles. The molecular formula is C15H24N4O4. The Morgan fingerprint density at radius 3 is 2.74 bits per heavy atom. The number of aromatic nitrogens is 4. The fourth-order valence-corrected chi connectivity index (χ4v) is 2.40. The Bertz CT molecular complexity index is 766.